The minimum absolute atomic E-state index is 0.182. The van der Waals surface area contributed by atoms with Gasteiger partial charge in [0, 0.05) is 30.5 Å². The van der Waals surface area contributed by atoms with Crippen LogP contribution in [0, 0.1) is 11.8 Å². The average Bonchev–Trinajstić information content (AvgIpc) is 2.90. The third-order valence-corrected chi connectivity index (χ3v) is 4.79. The van der Waals surface area contributed by atoms with Crippen LogP contribution in [0.4, 0.5) is 0 Å². The molecule has 1 saturated heterocycles. The maximum absolute atomic E-state index is 12.7. The molecule has 0 bridgehead atoms. The van der Waals surface area contributed by atoms with E-state index in [9.17, 15) is 4.79 Å². The first-order valence-corrected chi connectivity index (χ1v) is 8.07. The molecule has 1 aromatic rings. The number of allylic oxidation sites excluding steroid dienone is 2. The Labute approximate surface area is 127 Å². The summed E-state index contributed by atoms with van der Waals surface area (Å²) in [4.78, 5) is 19.1. The SMILES string of the molecule is CCCc1cc(C(=O)N2C[C@H]3CC=C(C)C[C@H]3C2)ccn1. The zero-order valence-electron chi connectivity index (χ0n) is 13.0. The molecule has 1 aromatic heterocycles. The van der Waals surface area contributed by atoms with Crippen molar-refractivity contribution in [2.45, 2.75) is 39.5 Å². The Kier molecular flexibility index (Phi) is 4.09. The molecule has 2 atom stereocenters. The van der Waals surface area contributed by atoms with Gasteiger partial charge in [0.15, 0.2) is 0 Å². The van der Waals surface area contributed by atoms with E-state index in [1.165, 1.54) is 5.57 Å². The molecule has 0 aromatic carbocycles. The second-order valence-electron chi connectivity index (χ2n) is 6.51. The zero-order valence-corrected chi connectivity index (χ0v) is 13.0. The van der Waals surface area contributed by atoms with Gasteiger partial charge in [0.2, 0.25) is 0 Å². The van der Waals surface area contributed by atoms with E-state index in [0.29, 0.717) is 11.8 Å². The molecule has 1 amide bonds. The van der Waals surface area contributed by atoms with Gasteiger partial charge in [0.25, 0.3) is 5.91 Å². The Bertz CT molecular complexity index is 564. The molecule has 1 fully saturated rings. The van der Waals surface area contributed by atoms with Crippen molar-refractivity contribution in [1.82, 2.24) is 9.88 Å². The van der Waals surface area contributed by atoms with Crippen LogP contribution in [0.3, 0.4) is 0 Å². The van der Waals surface area contributed by atoms with E-state index in [1.807, 2.05) is 17.0 Å². The van der Waals surface area contributed by atoms with Crippen LogP contribution >= 0.6 is 0 Å². The van der Waals surface area contributed by atoms with Gasteiger partial charge in [0.1, 0.15) is 0 Å². The van der Waals surface area contributed by atoms with Crippen molar-refractivity contribution in [2.75, 3.05) is 13.1 Å². The summed E-state index contributed by atoms with van der Waals surface area (Å²) in [5, 5.41) is 0. The predicted molar refractivity (Wildman–Crippen MR) is 84.1 cm³/mol. The molecular formula is C18H24N2O. The summed E-state index contributed by atoms with van der Waals surface area (Å²) in [5.74, 6) is 1.51. The van der Waals surface area contributed by atoms with E-state index < -0.39 is 0 Å². The van der Waals surface area contributed by atoms with E-state index in [4.69, 9.17) is 0 Å². The first-order valence-electron chi connectivity index (χ1n) is 8.07. The van der Waals surface area contributed by atoms with Crippen molar-refractivity contribution in [1.29, 1.82) is 0 Å². The van der Waals surface area contributed by atoms with Gasteiger partial charge in [-0.2, -0.15) is 0 Å². The van der Waals surface area contributed by atoms with Gasteiger partial charge in [-0.3, -0.25) is 9.78 Å². The molecule has 1 aliphatic heterocycles. The summed E-state index contributed by atoms with van der Waals surface area (Å²) >= 11 is 0. The van der Waals surface area contributed by atoms with Crippen LogP contribution < -0.4 is 0 Å². The number of hydrogen-bond donors (Lipinski definition) is 0. The number of hydrogen-bond acceptors (Lipinski definition) is 2. The van der Waals surface area contributed by atoms with Gasteiger partial charge < -0.3 is 4.90 Å². The maximum atomic E-state index is 12.7. The molecular weight excluding hydrogens is 260 g/mol. The minimum atomic E-state index is 0.182. The van der Waals surface area contributed by atoms with Crippen LogP contribution in [-0.2, 0) is 6.42 Å². The summed E-state index contributed by atoms with van der Waals surface area (Å²) in [6.45, 7) is 6.18. The number of carbonyl (C=O) groups is 1. The van der Waals surface area contributed by atoms with Gasteiger partial charge >= 0.3 is 0 Å². The number of carbonyl (C=O) groups excluding carboxylic acids is 1. The number of rotatable bonds is 3. The second-order valence-corrected chi connectivity index (χ2v) is 6.51. The van der Waals surface area contributed by atoms with Crippen molar-refractivity contribution in [3.8, 4) is 0 Å². The summed E-state index contributed by atoms with van der Waals surface area (Å²) in [6, 6.07) is 3.82. The molecule has 0 spiro atoms. The molecule has 2 heterocycles. The van der Waals surface area contributed by atoms with Crippen molar-refractivity contribution in [3.05, 3.63) is 41.2 Å². The third kappa shape index (κ3) is 3.02. The summed E-state index contributed by atoms with van der Waals surface area (Å²) in [7, 11) is 0. The molecule has 0 N–H and O–H groups in total. The number of likely N-dealkylation sites (tertiary alicyclic amines) is 1. The molecule has 3 nitrogen and oxygen atoms in total. The highest BCUT2D eigenvalue weighted by Crippen LogP contribution is 2.36. The Morgan fingerprint density at radius 1 is 1.38 bits per heavy atom. The predicted octanol–water partition coefficient (Wildman–Crippen LogP) is 3.46. The standard InChI is InChI=1S/C18H24N2O/c1-3-4-17-10-14(7-8-19-17)18(21)20-11-15-6-5-13(2)9-16(15)12-20/h5,7-8,10,15-16H,3-4,6,9,11-12H2,1-2H3/t15-,16+/m1/s1. The lowest BCUT2D eigenvalue weighted by atomic mass is 9.83. The highest BCUT2D eigenvalue weighted by molar-refractivity contribution is 5.94. The lowest BCUT2D eigenvalue weighted by Gasteiger charge is -2.21. The monoisotopic (exact) mass is 284 g/mol. The third-order valence-electron chi connectivity index (χ3n) is 4.79. The van der Waals surface area contributed by atoms with Gasteiger partial charge in [-0.1, -0.05) is 25.0 Å². The van der Waals surface area contributed by atoms with Crippen LogP contribution in [0.1, 0.15) is 49.2 Å². The smallest absolute Gasteiger partial charge is 0.253 e. The van der Waals surface area contributed by atoms with Gasteiger partial charge in [-0.25, -0.2) is 0 Å². The van der Waals surface area contributed by atoms with Crippen molar-refractivity contribution >= 4 is 5.91 Å². The van der Waals surface area contributed by atoms with Gasteiger partial charge in [-0.05, 0) is 50.2 Å². The molecule has 3 rings (SSSR count). The van der Waals surface area contributed by atoms with Crippen LogP contribution in [0.5, 0.6) is 0 Å². The highest BCUT2D eigenvalue weighted by Gasteiger charge is 2.36. The Morgan fingerprint density at radius 3 is 3.00 bits per heavy atom. The molecule has 0 saturated carbocycles. The van der Waals surface area contributed by atoms with Crippen LogP contribution in [-0.4, -0.2) is 28.9 Å². The number of aryl methyl sites for hydroxylation is 1. The average molecular weight is 284 g/mol. The molecule has 0 radical (unpaired) electrons. The fourth-order valence-corrected chi connectivity index (χ4v) is 3.64. The molecule has 112 valence electrons. The quantitative estimate of drug-likeness (QED) is 0.796. The lowest BCUT2D eigenvalue weighted by molar-refractivity contribution is 0.0784. The summed E-state index contributed by atoms with van der Waals surface area (Å²) in [6.07, 6.45) is 8.41. The molecule has 1 aliphatic carbocycles. The number of amides is 1. The Hall–Kier alpha value is -1.64. The number of pyridine rings is 1. The number of fused-ring (bicyclic) bond motifs is 1. The van der Waals surface area contributed by atoms with E-state index in [2.05, 4.69) is 24.9 Å². The van der Waals surface area contributed by atoms with Crippen molar-refractivity contribution in [3.63, 3.8) is 0 Å². The number of aromatic nitrogens is 1. The normalized spacial score (nSPS) is 24.7. The summed E-state index contributed by atoms with van der Waals surface area (Å²) < 4.78 is 0. The van der Waals surface area contributed by atoms with Crippen molar-refractivity contribution in [2.24, 2.45) is 11.8 Å². The Morgan fingerprint density at radius 2 is 2.19 bits per heavy atom. The Balaban J connectivity index is 1.71. The fourth-order valence-electron chi connectivity index (χ4n) is 3.64. The topological polar surface area (TPSA) is 33.2 Å². The maximum Gasteiger partial charge on any atom is 0.253 e. The van der Waals surface area contributed by atoms with Crippen LogP contribution in [0.15, 0.2) is 30.0 Å². The van der Waals surface area contributed by atoms with Crippen molar-refractivity contribution < 1.29 is 4.79 Å². The highest BCUT2D eigenvalue weighted by atomic mass is 16.2. The van der Waals surface area contributed by atoms with Gasteiger partial charge in [-0.15, -0.1) is 0 Å². The van der Waals surface area contributed by atoms with E-state index >= 15 is 0 Å². The lowest BCUT2D eigenvalue weighted by Crippen LogP contribution is -2.29. The van der Waals surface area contributed by atoms with E-state index in [-0.39, 0.29) is 5.91 Å². The second kappa shape index (κ2) is 6.00. The molecule has 3 heteroatoms. The first-order chi connectivity index (χ1) is 10.2. The largest absolute Gasteiger partial charge is 0.338 e. The van der Waals surface area contributed by atoms with Gasteiger partial charge in [0.05, 0.1) is 0 Å². The van der Waals surface area contributed by atoms with Crippen LogP contribution in [0.25, 0.3) is 0 Å². The molecule has 2 aliphatic rings. The fraction of sp³-hybridized carbons (Fsp3) is 0.556. The number of nitrogens with zero attached hydrogens (tertiary/aromatic N) is 2. The van der Waals surface area contributed by atoms with E-state index in [0.717, 1.165) is 50.0 Å². The molecule has 21 heavy (non-hydrogen) atoms. The van der Waals surface area contributed by atoms with Crippen LogP contribution in [0.2, 0.25) is 0 Å². The molecule has 0 unspecified atom stereocenters. The van der Waals surface area contributed by atoms with E-state index in [1.54, 1.807) is 6.20 Å². The zero-order chi connectivity index (χ0) is 14.8. The minimum Gasteiger partial charge on any atom is -0.338 e. The summed E-state index contributed by atoms with van der Waals surface area (Å²) in [5.41, 5.74) is 3.31. The first kappa shape index (κ1) is 14.3.